The van der Waals surface area contributed by atoms with Crippen molar-refractivity contribution >= 4 is 15.9 Å². The molecule has 1 aliphatic rings. The minimum Gasteiger partial charge on any atom is -0.335 e. The van der Waals surface area contributed by atoms with Crippen LogP contribution in [0.2, 0.25) is 0 Å². The van der Waals surface area contributed by atoms with E-state index in [1.54, 1.807) is 35.2 Å². The molecule has 5 nitrogen and oxygen atoms in total. The third-order valence-corrected chi connectivity index (χ3v) is 7.94. The quantitative estimate of drug-likeness (QED) is 0.497. The number of piperazine rings is 1. The first-order valence-corrected chi connectivity index (χ1v) is 12.4. The summed E-state index contributed by atoms with van der Waals surface area (Å²) in [5.41, 5.74) is 2.88. The third kappa shape index (κ3) is 4.92. The minimum absolute atomic E-state index is 0.183. The Morgan fingerprint density at radius 1 is 0.909 bits per heavy atom. The number of sulfonamides is 1. The van der Waals surface area contributed by atoms with E-state index in [-0.39, 0.29) is 17.3 Å². The molecule has 0 spiro atoms. The van der Waals surface area contributed by atoms with Crippen molar-refractivity contribution in [1.82, 2.24) is 9.21 Å². The molecule has 0 N–H and O–H groups in total. The summed E-state index contributed by atoms with van der Waals surface area (Å²) in [7, 11) is -3.92. The van der Waals surface area contributed by atoms with Crippen LogP contribution in [0.5, 0.6) is 0 Å². The van der Waals surface area contributed by atoms with Crippen LogP contribution in [-0.4, -0.2) is 42.2 Å². The predicted octanol–water partition coefficient (Wildman–Crippen LogP) is 4.19. The number of rotatable bonds is 7. The molecule has 0 bridgehead atoms. The summed E-state index contributed by atoms with van der Waals surface area (Å²) in [5, 5.41) is 0. The van der Waals surface area contributed by atoms with Gasteiger partial charge in [-0.15, -0.1) is 6.58 Å². The van der Waals surface area contributed by atoms with E-state index >= 15 is 0 Å². The lowest BCUT2D eigenvalue weighted by Crippen LogP contribution is -2.63. The Bertz CT molecular complexity index is 1210. The first-order valence-electron chi connectivity index (χ1n) is 11.0. The second-order valence-corrected chi connectivity index (χ2v) is 10.2. The van der Waals surface area contributed by atoms with E-state index in [0.717, 1.165) is 16.7 Å². The Balaban J connectivity index is 1.75. The zero-order valence-electron chi connectivity index (χ0n) is 18.7. The average Bonchev–Trinajstić information content (AvgIpc) is 2.83. The van der Waals surface area contributed by atoms with Crippen LogP contribution in [0.15, 0.2) is 102 Å². The highest BCUT2D eigenvalue weighted by molar-refractivity contribution is 7.89. The third-order valence-electron chi connectivity index (χ3n) is 5.99. The molecule has 1 heterocycles. The topological polar surface area (TPSA) is 57.7 Å². The van der Waals surface area contributed by atoms with Crippen LogP contribution in [0.1, 0.15) is 16.7 Å². The highest BCUT2D eigenvalue weighted by Crippen LogP contribution is 2.30. The molecule has 1 amide bonds. The highest BCUT2D eigenvalue weighted by atomic mass is 32.2. The van der Waals surface area contributed by atoms with E-state index in [2.05, 4.69) is 6.58 Å². The maximum absolute atomic E-state index is 13.8. The fraction of sp³-hybridized carbons (Fsp3) is 0.222. The molecule has 3 aromatic carbocycles. The summed E-state index contributed by atoms with van der Waals surface area (Å²) in [6, 6.07) is 24.6. The van der Waals surface area contributed by atoms with Gasteiger partial charge in [0, 0.05) is 13.1 Å². The summed E-state index contributed by atoms with van der Waals surface area (Å²) in [6.07, 6.45) is 1.93. The summed E-state index contributed by atoms with van der Waals surface area (Å²) in [6.45, 7) is 6.51. The van der Waals surface area contributed by atoms with Gasteiger partial charge >= 0.3 is 0 Å². The lowest BCUT2D eigenvalue weighted by Gasteiger charge is -2.44. The monoisotopic (exact) mass is 460 g/mol. The lowest BCUT2D eigenvalue weighted by molar-refractivity contribution is -0.141. The second-order valence-electron chi connectivity index (χ2n) is 8.36. The molecule has 1 fully saturated rings. The van der Waals surface area contributed by atoms with Gasteiger partial charge in [-0.05, 0) is 36.6 Å². The number of benzene rings is 3. The van der Waals surface area contributed by atoms with E-state index in [0.29, 0.717) is 13.0 Å². The van der Waals surface area contributed by atoms with Crippen molar-refractivity contribution in [3.63, 3.8) is 0 Å². The fourth-order valence-electron chi connectivity index (χ4n) is 4.26. The summed E-state index contributed by atoms with van der Waals surface area (Å²) in [5.74, 6) is -0.198. The number of carbonyl (C=O) groups is 1. The number of hydrogen-bond acceptors (Lipinski definition) is 3. The normalized spacial score (nSPS) is 19.4. The molecule has 2 atom stereocenters. The molecule has 6 heteroatoms. The van der Waals surface area contributed by atoms with Crippen LogP contribution >= 0.6 is 0 Å². The molecule has 170 valence electrons. The predicted molar refractivity (Wildman–Crippen MR) is 130 cm³/mol. The van der Waals surface area contributed by atoms with Crippen LogP contribution in [-0.2, 0) is 27.8 Å². The van der Waals surface area contributed by atoms with Gasteiger partial charge in [-0.3, -0.25) is 4.79 Å². The molecule has 0 radical (unpaired) electrons. The second kappa shape index (κ2) is 9.73. The molecular weight excluding hydrogens is 432 g/mol. The maximum Gasteiger partial charge on any atom is 0.244 e. The molecule has 3 aromatic rings. The van der Waals surface area contributed by atoms with Crippen LogP contribution in [0, 0.1) is 6.92 Å². The van der Waals surface area contributed by atoms with Crippen molar-refractivity contribution in [3.05, 3.63) is 114 Å². The molecule has 4 rings (SSSR count). The molecule has 1 saturated heterocycles. The van der Waals surface area contributed by atoms with Gasteiger partial charge in [0.05, 0.1) is 10.9 Å². The van der Waals surface area contributed by atoms with Gasteiger partial charge < -0.3 is 4.90 Å². The summed E-state index contributed by atoms with van der Waals surface area (Å²) >= 11 is 0. The molecule has 33 heavy (non-hydrogen) atoms. The summed E-state index contributed by atoms with van der Waals surface area (Å²) < 4.78 is 28.9. The Labute approximate surface area is 196 Å². The van der Waals surface area contributed by atoms with E-state index in [1.165, 1.54) is 4.31 Å². The van der Waals surface area contributed by atoms with Gasteiger partial charge in [0.1, 0.15) is 6.04 Å². The van der Waals surface area contributed by atoms with Crippen LogP contribution in [0.3, 0.4) is 0 Å². The number of aryl methyl sites for hydroxylation is 1. The van der Waals surface area contributed by atoms with Crippen molar-refractivity contribution in [2.45, 2.75) is 36.9 Å². The lowest BCUT2D eigenvalue weighted by atomic mass is 10.00. The van der Waals surface area contributed by atoms with Crippen LogP contribution in [0.4, 0.5) is 0 Å². The number of carbonyl (C=O) groups excluding carboxylic acids is 1. The van der Waals surface area contributed by atoms with E-state index in [9.17, 15) is 13.2 Å². The Kier molecular flexibility index (Phi) is 6.77. The van der Waals surface area contributed by atoms with Gasteiger partial charge in [0.15, 0.2) is 0 Å². The standard InChI is InChI=1S/C27H28N2O3S/c1-3-24-20-28(19-23-12-8-5-9-13-23)27(30)26(18-22-10-6-4-7-11-22)29(24)33(31,32)25-16-14-21(2)15-17-25/h3-17,24,26H,1,18-20H2,2H3/t24-,26+/m1/s1. The number of hydrogen-bond donors (Lipinski definition) is 0. The maximum atomic E-state index is 13.8. The first kappa shape index (κ1) is 23.0. The minimum atomic E-state index is -3.92. The first-order chi connectivity index (χ1) is 15.9. The van der Waals surface area contributed by atoms with Crippen molar-refractivity contribution in [3.8, 4) is 0 Å². The van der Waals surface area contributed by atoms with Crippen molar-refractivity contribution in [2.24, 2.45) is 0 Å². The number of amides is 1. The zero-order valence-corrected chi connectivity index (χ0v) is 19.5. The van der Waals surface area contributed by atoms with Gasteiger partial charge in [-0.2, -0.15) is 4.31 Å². The van der Waals surface area contributed by atoms with Crippen molar-refractivity contribution in [2.75, 3.05) is 6.54 Å². The van der Waals surface area contributed by atoms with Gasteiger partial charge in [-0.1, -0.05) is 84.4 Å². The van der Waals surface area contributed by atoms with E-state index < -0.39 is 22.1 Å². The van der Waals surface area contributed by atoms with E-state index in [1.807, 2.05) is 67.6 Å². The Morgan fingerprint density at radius 2 is 1.48 bits per heavy atom. The van der Waals surface area contributed by atoms with Gasteiger partial charge in [0.2, 0.25) is 15.9 Å². The molecular formula is C27H28N2O3S. The average molecular weight is 461 g/mol. The molecule has 0 aromatic heterocycles. The largest absolute Gasteiger partial charge is 0.335 e. The smallest absolute Gasteiger partial charge is 0.244 e. The van der Waals surface area contributed by atoms with Crippen LogP contribution < -0.4 is 0 Å². The van der Waals surface area contributed by atoms with Crippen LogP contribution in [0.25, 0.3) is 0 Å². The summed E-state index contributed by atoms with van der Waals surface area (Å²) in [4.78, 5) is 15.7. The number of nitrogens with zero attached hydrogens (tertiary/aromatic N) is 2. The van der Waals surface area contributed by atoms with Gasteiger partial charge in [-0.25, -0.2) is 8.42 Å². The molecule has 0 saturated carbocycles. The molecule has 0 aliphatic carbocycles. The SMILES string of the molecule is C=C[C@@H]1CN(Cc2ccccc2)C(=O)[C@H](Cc2ccccc2)N1S(=O)(=O)c1ccc(C)cc1. The van der Waals surface area contributed by atoms with Crippen molar-refractivity contribution in [1.29, 1.82) is 0 Å². The molecule has 1 aliphatic heterocycles. The molecule has 0 unspecified atom stereocenters. The Hall–Kier alpha value is -3.22. The van der Waals surface area contributed by atoms with Crippen molar-refractivity contribution < 1.29 is 13.2 Å². The zero-order chi connectivity index (χ0) is 23.4. The highest BCUT2D eigenvalue weighted by Gasteiger charge is 2.46. The Morgan fingerprint density at radius 3 is 2.06 bits per heavy atom. The van der Waals surface area contributed by atoms with E-state index in [4.69, 9.17) is 0 Å². The van der Waals surface area contributed by atoms with Gasteiger partial charge in [0.25, 0.3) is 0 Å². The fourth-order valence-corrected chi connectivity index (χ4v) is 6.00.